The molecule has 0 radical (unpaired) electrons. The van der Waals surface area contributed by atoms with Crippen molar-refractivity contribution in [3.8, 4) is 5.75 Å². The topological polar surface area (TPSA) is 50.8 Å². The zero-order valence-electron chi connectivity index (χ0n) is 16.7. The van der Waals surface area contributed by atoms with Crippen LogP contribution in [-0.4, -0.2) is 49.3 Å². The first-order chi connectivity index (χ1) is 13.2. The number of carbonyl (C=O) groups excluding carboxylic acids is 1. The summed E-state index contributed by atoms with van der Waals surface area (Å²) < 4.78 is 11.9. The van der Waals surface area contributed by atoms with Crippen molar-refractivity contribution in [1.82, 2.24) is 4.90 Å². The Bertz CT molecular complexity index is 576. The molecule has 27 heavy (non-hydrogen) atoms. The quantitative estimate of drug-likeness (QED) is 0.703. The zero-order valence-corrected chi connectivity index (χ0v) is 16.7. The lowest BCUT2D eigenvalue weighted by Gasteiger charge is -2.35. The van der Waals surface area contributed by atoms with Gasteiger partial charge in [0.2, 0.25) is 0 Å². The third-order valence-electron chi connectivity index (χ3n) is 5.64. The lowest BCUT2D eigenvalue weighted by molar-refractivity contribution is -0.146. The first kappa shape index (κ1) is 20.2. The van der Waals surface area contributed by atoms with Crippen LogP contribution in [0, 0.1) is 0 Å². The molecule has 1 aromatic rings. The molecule has 0 atom stereocenters. The predicted octanol–water partition coefficient (Wildman–Crippen LogP) is 4.23. The summed E-state index contributed by atoms with van der Waals surface area (Å²) in [6.07, 6.45) is 8.47. The van der Waals surface area contributed by atoms with Crippen molar-refractivity contribution in [3.05, 3.63) is 24.3 Å². The second-order valence-corrected chi connectivity index (χ2v) is 7.78. The van der Waals surface area contributed by atoms with E-state index in [4.69, 9.17) is 9.47 Å². The van der Waals surface area contributed by atoms with Gasteiger partial charge in [-0.3, -0.25) is 9.69 Å². The number of amides is 1. The molecule has 1 aliphatic carbocycles. The molecule has 0 bridgehead atoms. The summed E-state index contributed by atoms with van der Waals surface area (Å²) >= 11 is 0. The molecule has 2 fully saturated rings. The number of ether oxygens (including phenoxy) is 2. The number of hydrogen-bond acceptors (Lipinski definition) is 4. The van der Waals surface area contributed by atoms with Crippen molar-refractivity contribution in [2.24, 2.45) is 0 Å². The highest BCUT2D eigenvalue weighted by molar-refractivity contribution is 5.97. The van der Waals surface area contributed by atoms with E-state index in [2.05, 4.69) is 17.1 Å². The van der Waals surface area contributed by atoms with E-state index >= 15 is 0 Å². The fraction of sp³-hybridized carbons (Fsp3) is 0.682. The molecule has 5 heteroatoms. The number of anilines is 1. The normalized spacial score (nSPS) is 19.7. The number of nitrogens with zero attached hydrogens (tertiary/aromatic N) is 1. The van der Waals surface area contributed by atoms with E-state index in [9.17, 15) is 4.79 Å². The number of benzene rings is 1. The average molecular weight is 375 g/mol. The standard InChI is InChI=1S/C22H34N2O3/c1-2-17-27-22(12-4-3-5-13-22)21(25)23-19-8-10-20(11-9-19)26-18-16-24-14-6-7-15-24/h8-11H,2-7,12-18H2,1H3,(H,23,25). The van der Waals surface area contributed by atoms with Gasteiger partial charge in [-0.25, -0.2) is 0 Å². The second-order valence-electron chi connectivity index (χ2n) is 7.78. The van der Waals surface area contributed by atoms with Gasteiger partial charge in [-0.15, -0.1) is 0 Å². The summed E-state index contributed by atoms with van der Waals surface area (Å²) in [7, 11) is 0. The molecule has 150 valence electrons. The van der Waals surface area contributed by atoms with Crippen LogP contribution in [0.25, 0.3) is 0 Å². The molecule has 5 nitrogen and oxygen atoms in total. The Morgan fingerprint density at radius 3 is 2.41 bits per heavy atom. The molecule has 1 aromatic carbocycles. The fourth-order valence-corrected chi connectivity index (χ4v) is 4.04. The minimum Gasteiger partial charge on any atom is -0.492 e. The summed E-state index contributed by atoms with van der Waals surface area (Å²) in [4.78, 5) is 15.4. The molecule has 0 aromatic heterocycles. The highest BCUT2D eigenvalue weighted by atomic mass is 16.5. The minimum atomic E-state index is -0.654. The van der Waals surface area contributed by atoms with Crippen molar-refractivity contribution in [2.45, 2.75) is 63.9 Å². The van der Waals surface area contributed by atoms with E-state index in [0.717, 1.165) is 50.1 Å². The largest absolute Gasteiger partial charge is 0.492 e. The highest BCUT2D eigenvalue weighted by Gasteiger charge is 2.40. The molecule has 1 N–H and O–H groups in total. The maximum Gasteiger partial charge on any atom is 0.256 e. The summed E-state index contributed by atoms with van der Waals surface area (Å²) in [5.74, 6) is 0.847. The Labute approximate surface area is 163 Å². The average Bonchev–Trinajstić information content (AvgIpc) is 3.22. The van der Waals surface area contributed by atoms with Crippen LogP contribution in [0.3, 0.4) is 0 Å². The van der Waals surface area contributed by atoms with E-state index in [-0.39, 0.29) is 5.91 Å². The molecule has 0 unspecified atom stereocenters. The number of hydrogen-bond donors (Lipinski definition) is 1. The fourth-order valence-electron chi connectivity index (χ4n) is 4.04. The Kier molecular flexibility index (Phi) is 7.53. The minimum absolute atomic E-state index is 0.00153. The van der Waals surface area contributed by atoms with Gasteiger partial charge in [0.05, 0.1) is 0 Å². The number of nitrogens with one attached hydrogen (secondary N) is 1. The van der Waals surface area contributed by atoms with Crippen molar-refractivity contribution >= 4 is 11.6 Å². The van der Waals surface area contributed by atoms with Crippen LogP contribution >= 0.6 is 0 Å². The van der Waals surface area contributed by atoms with Crippen LogP contribution < -0.4 is 10.1 Å². The lowest BCUT2D eigenvalue weighted by Crippen LogP contribution is -2.47. The first-order valence-electron chi connectivity index (χ1n) is 10.6. The molecule has 3 rings (SSSR count). The van der Waals surface area contributed by atoms with E-state index < -0.39 is 5.60 Å². The van der Waals surface area contributed by atoms with Gasteiger partial charge in [0, 0.05) is 18.8 Å². The van der Waals surface area contributed by atoms with Crippen molar-refractivity contribution in [3.63, 3.8) is 0 Å². The third-order valence-corrected chi connectivity index (χ3v) is 5.64. The summed E-state index contributed by atoms with van der Waals surface area (Å²) in [5, 5.41) is 3.06. The SMILES string of the molecule is CCCOC1(C(=O)Nc2ccc(OCCN3CCCC3)cc2)CCCCC1. The number of rotatable bonds is 9. The second kappa shape index (κ2) is 10.1. The molecular weight excluding hydrogens is 340 g/mol. The number of likely N-dealkylation sites (tertiary alicyclic amines) is 1. The maximum atomic E-state index is 12.9. The van der Waals surface area contributed by atoms with Gasteiger partial charge in [-0.1, -0.05) is 26.2 Å². The molecule has 2 aliphatic rings. The van der Waals surface area contributed by atoms with Gasteiger partial charge >= 0.3 is 0 Å². The summed E-state index contributed by atoms with van der Waals surface area (Å²) in [6.45, 7) is 6.79. The van der Waals surface area contributed by atoms with Gasteiger partial charge in [-0.05, 0) is 69.5 Å². The highest BCUT2D eigenvalue weighted by Crippen LogP contribution is 2.33. The smallest absolute Gasteiger partial charge is 0.256 e. The van der Waals surface area contributed by atoms with Gasteiger partial charge in [0.15, 0.2) is 0 Å². The molecule has 1 heterocycles. The van der Waals surface area contributed by atoms with Crippen LogP contribution in [0.15, 0.2) is 24.3 Å². The molecular formula is C22H34N2O3. The van der Waals surface area contributed by atoms with Crippen molar-refractivity contribution in [2.75, 3.05) is 38.2 Å². The van der Waals surface area contributed by atoms with Gasteiger partial charge < -0.3 is 14.8 Å². The van der Waals surface area contributed by atoms with Crippen LogP contribution in [0.2, 0.25) is 0 Å². The summed E-state index contributed by atoms with van der Waals surface area (Å²) in [5.41, 5.74) is 0.149. The van der Waals surface area contributed by atoms with E-state index in [0.29, 0.717) is 13.2 Å². The van der Waals surface area contributed by atoms with Crippen LogP contribution in [0.4, 0.5) is 5.69 Å². The van der Waals surface area contributed by atoms with Crippen LogP contribution in [-0.2, 0) is 9.53 Å². The maximum absolute atomic E-state index is 12.9. The zero-order chi connectivity index (χ0) is 19.0. The van der Waals surface area contributed by atoms with Crippen LogP contribution in [0.1, 0.15) is 58.3 Å². The van der Waals surface area contributed by atoms with E-state index in [1.807, 2.05) is 24.3 Å². The van der Waals surface area contributed by atoms with Crippen LogP contribution in [0.5, 0.6) is 5.75 Å². The van der Waals surface area contributed by atoms with Gasteiger partial charge in [0.1, 0.15) is 18.0 Å². The molecule has 1 saturated heterocycles. The Hall–Kier alpha value is -1.59. The number of carbonyl (C=O) groups is 1. The predicted molar refractivity (Wildman–Crippen MR) is 108 cm³/mol. The Morgan fingerprint density at radius 1 is 1.04 bits per heavy atom. The van der Waals surface area contributed by atoms with Crippen molar-refractivity contribution in [1.29, 1.82) is 0 Å². The summed E-state index contributed by atoms with van der Waals surface area (Å²) in [6, 6.07) is 7.69. The molecule has 1 amide bonds. The molecule has 1 aliphatic heterocycles. The lowest BCUT2D eigenvalue weighted by atomic mass is 9.83. The third kappa shape index (κ3) is 5.69. The monoisotopic (exact) mass is 374 g/mol. The Balaban J connectivity index is 1.50. The first-order valence-corrected chi connectivity index (χ1v) is 10.6. The van der Waals surface area contributed by atoms with Gasteiger partial charge in [-0.2, -0.15) is 0 Å². The van der Waals surface area contributed by atoms with E-state index in [1.54, 1.807) is 0 Å². The molecule has 0 spiro atoms. The van der Waals surface area contributed by atoms with Crippen molar-refractivity contribution < 1.29 is 14.3 Å². The Morgan fingerprint density at radius 2 is 1.74 bits per heavy atom. The van der Waals surface area contributed by atoms with Gasteiger partial charge in [0.25, 0.3) is 5.91 Å². The molecule has 1 saturated carbocycles. The van der Waals surface area contributed by atoms with E-state index in [1.165, 1.54) is 32.4 Å².